The summed E-state index contributed by atoms with van der Waals surface area (Å²) >= 11 is 0. The molecule has 4 fully saturated rings. The highest BCUT2D eigenvalue weighted by Crippen LogP contribution is 2.49. The van der Waals surface area contributed by atoms with Crippen molar-refractivity contribution in [2.24, 2.45) is 11.8 Å². The molecule has 4 atom stereocenters. The first-order chi connectivity index (χ1) is 15.3. The largest absolute Gasteiger partial charge is 0.379 e. The second-order valence-corrected chi connectivity index (χ2v) is 8.86. The average molecular weight is 450 g/mol. The first-order valence-corrected chi connectivity index (χ1v) is 10.9. The number of imide groups is 2. The first kappa shape index (κ1) is 21.4. The number of likely N-dealkylation sites (tertiary alicyclic amines) is 1. The van der Waals surface area contributed by atoms with Gasteiger partial charge in [0.25, 0.3) is 11.8 Å². The van der Waals surface area contributed by atoms with Gasteiger partial charge in [-0.15, -0.1) is 5.12 Å². The van der Waals surface area contributed by atoms with Gasteiger partial charge in [-0.25, -0.2) is 4.39 Å². The van der Waals surface area contributed by atoms with Crippen LogP contribution in [0.15, 0.2) is 23.3 Å². The van der Waals surface area contributed by atoms with Gasteiger partial charge >= 0.3 is 0 Å². The van der Waals surface area contributed by atoms with E-state index < -0.39 is 46.3 Å². The number of alkyl halides is 1. The average Bonchev–Trinajstić information content (AvgIpc) is 2.98. The third kappa shape index (κ3) is 3.22. The number of fused-ring (bicyclic) bond motifs is 1. The standard InChI is InChI=1S/C21H24F2N4O5/c22-21(11-26-6-5-16(26)25-7-9-32-10-8-25)14(12-2-4-15(28)24-18(12)29)3-1-13-17(21)20(31)27(23)19(13)30/h1,3,12,16-17H,2,4-11H2,(H,24,28,29). The Balaban J connectivity index is 1.48. The smallest absolute Gasteiger partial charge is 0.285 e. The zero-order valence-electron chi connectivity index (χ0n) is 17.4. The molecule has 0 spiro atoms. The minimum atomic E-state index is -2.45. The van der Waals surface area contributed by atoms with Crippen molar-refractivity contribution in [2.45, 2.75) is 31.1 Å². The summed E-state index contributed by atoms with van der Waals surface area (Å²) in [5.74, 6) is -6.15. The number of halogens is 2. The van der Waals surface area contributed by atoms with Gasteiger partial charge in [0, 0.05) is 38.2 Å². The van der Waals surface area contributed by atoms with Crippen LogP contribution in [0.2, 0.25) is 0 Å². The van der Waals surface area contributed by atoms with E-state index in [0.717, 1.165) is 6.42 Å². The van der Waals surface area contributed by atoms with Crippen LogP contribution in [0, 0.1) is 11.8 Å². The summed E-state index contributed by atoms with van der Waals surface area (Å²) < 4.78 is 36.6. The summed E-state index contributed by atoms with van der Waals surface area (Å²) in [6.45, 7) is 2.86. The van der Waals surface area contributed by atoms with E-state index in [-0.39, 0.29) is 36.7 Å². The predicted molar refractivity (Wildman–Crippen MR) is 105 cm³/mol. The third-order valence-corrected chi connectivity index (χ3v) is 7.17. The maximum atomic E-state index is 17.0. The SMILES string of the molecule is O=C1CCC(C2=CC=C3C(=O)N(F)C(=O)C3C2(F)CN2CCC2N2CCOCC2)C(=O)N1. The van der Waals surface area contributed by atoms with Crippen LogP contribution in [-0.4, -0.2) is 89.8 Å². The fourth-order valence-electron chi connectivity index (χ4n) is 5.45. The number of morpholine rings is 1. The van der Waals surface area contributed by atoms with E-state index in [0.29, 0.717) is 32.8 Å². The van der Waals surface area contributed by atoms with Crippen LogP contribution in [0.1, 0.15) is 19.3 Å². The molecule has 11 heteroatoms. The molecule has 4 heterocycles. The van der Waals surface area contributed by atoms with E-state index in [4.69, 9.17) is 4.74 Å². The van der Waals surface area contributed by atoms with Crippen LogP contribution in [0.5, 0.6) is 0 Å². The minimum Gasteiger partial charge on any atom is -0.379 e. The van der Waals surface area contributed by atoms with Crippen molar-refractivity contribution in [3.05, 3.63) is 23.3 Å². The highest BCUT2D eigenvalue weighted by atomic mass is 19.2. The lowest BCUT2D eigenvalue weighted by atomic mass is 9.69. The number of rotatable bonds is 4. The van der Waals surface area contributed by atoms with Crippen molar-refractivity contribution in [1.29, 1.82) is 0 Å². The zero-order valence-corrected chi connectivity index (χ0v) is 17.4. The van der Waals surface area contributed by atoms with Crippen LogP contribution in [0.4, 0.5) is 8.87 Å². The molecule has 4 unspecified atom stereocenters. The highest BCUT2D eigenvalue weighted by Gasteiger charge is 2.61. The summed E-state index contributed by atoms with van der Waals surface area (Å²) in [7, 11) is 0. The van der Waals surface area contributed by atoms with E-state index in [2.05, 4.69) is 10.2 Å². The van der Waals surface area contributed by atoms with E-state index in [1.165, 1.54) is 12.2 Å². The molecule has 9 nitrogen and oxygen atoms in total. The topological polar surface area (TPSA) is 99.3 Å². The monoisotopic (exact) mass is 450 g/mol. The Kier molecular flexibility index (Phi) is 5.22. The molecule has 4 saturated heterocycles. The number of nitrogens with zero attached hydrogens (tertiary/aromatic N) is 3. The number of amides is 4. The zero-order chi connectivity index (χ0) is 22.6. The van der Waals surface area contributed by atoms with Gasteiger partial charge in [0.1, 0.15) is 5.92 Å². The molecule has 0 aromatic carbocycles. The van der Waals surface area contributed by atoms with Gasteiger partial charge < -0.3 is 4.74 Å². The van der Waals surface area contributed by atoms with Crippen molar-refractivity contribution < 1.29 is 32.8 Å². The molecule has 172 valence electrons. The number of allylic oxidation sites excluding steroid dienone is 2. The maximum absolute atomic E-state index is 17.0. The fraction of sp³-hybridized carbons (Fsp3) is 0.619. The Labute approximate surface area is 182 Å². The summed E-state index contributed by atoms with van der Waals surface area (Å²) in [6.07, 6.45) is 3.43. The molecule has 0 aromatic rings. The third-order valence-electron chi connectivity index (χ3n) is 7.17. The van der Waals surface area contributed by atoms with Gasteiger partial charge in [0.2, 0.25) is 11.8 Å². The van der Waals surface area contributed by atoms with Gasteiger partial charge in [0.05, 0.1) is 25.3 Å². The Bertz CT molecular complexity index is 946. The molecule has 32 heavy (non-hydrogen) atoms. The molecule has 0 aromatic heterocycles. The van der Waals surface area contributed by atoms with Crippen molar-refractivity contribution in [1.82, 2.24) is 20.2 Å². The minimum absolute atomic E-state index is 0.0142. The van der Waals surface area contributed by atoms with E-state index in [1.807, 2.05) is 4.90 Å². The molecule has 0 bridgehead atoms. The van der Waals surface area contributed by atoms with E-state index >= 15 is 4.39 Å². The van der Waals surface area contributed by atoms with E-state index in [9.17, 15) is 23.7 Å². The lowest BCUT2D eigenvalue weighted by Crippen LogP contribution is -2.64. The summed E-state index contributed by atoms with van der Waals surface area (Å²) in [6, 6.07) is 0. The second-order valence-electron chi connectivity index (χ2n) is 8.86. The van der Waals surface area contributed by atoms with Gasteiger partial charge in [-0.3, -0.25) is 34.3 Å². The Hall–Kier alpha value is -2.50. The molecule has 1 aliphatic carbocycles. The maximum Gasteiger partial charge on any atom is 0.285 e. The number of carbonyl (C=O) groups is 4. The van der Waals surface area contributed by atoms with Crippen molar-refractivity contribution >= 4 is 23.6 Å². The molecule has 4 amide bonds. The van der Waals surface area contributed by atoms with Crippen LogP contribution in [0.25, 0.3) is 0 Å². The summed E-state index contributed by atoms with van der Waals surface area (Å²) in [5, 5.41) is 1.68. The van der Waals surface area contributed by atoms with Gasteiger partial charge in [-0.05, 0) is 18.4 Å². The fourth-order valence-corrected chi connectivity index (χ4v) is 5.45. The van der Waals surface area contributed by atoms with Gasteiger partial charge in [-0.2, -0.15) is 0 Å². The molecule has 5 rings (SSSR count). The van der Waals surface area contributed by atoms with Crippen LogP contribution < -0.4 is 5.32 Å². The molecule has 5 aliphatic rings. The lowest BCUT2D eigenvalue weighted by molar-refractivity contribution is -0.158. The predicted octanol–water partition coefficient (Wildman–Crippen LogP) is -0.153. The quantitative estimate of drug-likeness (QED) is 0.470. The summed E-state index contributed by atoms with van der Waals surface area (Å²) in [4.78, 5) is 53.0. The van der Waals surface area contributed by atoms with Crippen LogP contribution in [0.3, 0.4) is 0 Å². The Morgan fingerprint density at radius 3 is 2.50 bits per heavy atom. The van der Waals surface area contributed by atoms with Gasteiger partial charge in [-0.1, -0.05) is 16.6 Å². The second kappa shape index (κ2) is 7.82. The lowest BCUT2D eigenvalue weighted by Gasteiger charge is -2.52. The van der Waals surface area contributed by atoms with Crippen molar-refractivity contribution in [3.8, 4) is 0 Å². The molecular weight excluding hydrogens is 426 g/mol. The van der Waals surface area contributed by atoms with Crippen LogP contribution >= 0.6 is 0 Å². The number of hydrogen-bond acceptors (Lipinski definition) is 7. The number of piperidine rings is 1. The van der Waals surface area contributed by atoms with Crippen LogP contribution in [-0.2, 0) is 23.9 Å². The number of hydrogen-bond donors (Lipinski definition) is 1. The molecule has 0 saturated carbocycles. The first-order valence-electron chi connectivity index (χ1n) is 10.9. The number of carbonyl (C=O) groups excluding carboxylic acids is 4. The van der Waals surface area contributed by atoms with Crippen molar-refractivity contribution in [3.63, 3.8) is 0 Å². The molecule has 0 radical (unpaired) electrons. The highest BCUT2D eigenvalue weighted by molar-refractivity contribution is 6.15. The molecule has 4 aliphatic heterocycles. The Morgan fingerprint density at radius 2 is 1.84 bits per heavy atom. The van der Waals surface area contributed by atoms with Gasteiger partial charge in [0.15, 0.2) is 5.67 Å². The Morgan fingerprint density at radius 1 is 1.09 bits per heavy atom. The summed E-state index contributed by atoms with van der Waals surface area (Å²) in [5.41, 5.74) is -2.69. The van der Waals surface area contributed by atoms with E-state index in [1.54, 1.807) is 0 Å². The number of nitrogens with one attached hydrogen (secondary N) is 1. The van der Waals surface area contributed by atoms with Crippen molar-refractivity contribution in [2.75, 3.05) is 39.4 Å². The number of ether oxygens (including phenoxy) is 1. The molecule has 1 N–H and O–H groups in total. The normalized spacial score (nSPS) is 36.4. The molecular formula is C21H24F2N4O5.